The first kappa shape index (κ1) is 15.6. The van der Waals surface area contributed by atoms with Gasteiger partial charge in [0.1, 0.15) is 11.6 Å². The molecule has 2 amide bonds. The molecule has 1 aliphatic rings. The standard InChI is InChI=1S/C17H19FN2O3/c18-14-4-3-13(16-2-1-9-23-16)10-15(14)19-17(22)20-7-5-12(11-21)6-8-20/h1-4,9-10,12,21H,5-8,11H2,(H,19,22). The van der Waals surface area contributed by atoms with E-state index in [-0.39, 0.29) is 24.2 Å². The van der Waals surface area contributed by atoms with Crippen LogP contribution in [0.5, 0.6) is 0 Å². The summed E-state index contributed by atoms with van der Waals surface area (Å²) in [5, 5.41) is 11.8. The molecule has 1 aromatic heterocycles. The molecule has 0 atom stereocenters. The number of likely N-dealkylation sites (tertiary alicyclic amines) is 1. The van der Waals surface area contributed by atoms with E-state index in [1.54, 1.807) is 35.4 Å². The lowest BCUT2D eigenvalue weighted by Crippen LogP contribution is -2.41. The zero-order chi connectivity index (χ0) is 16.2. The van der Waals surface area contributed by atoms with Crippen LogP contribution in [-0.4, -0.2) is 35.7 Å². The fourth-order valence-corrected chi connectivity index (χ4v) is 2.73. The second kappa shape index (κ2) is 6.83. The lowest BCUT2D eigenvalue weighted by molar-refractivity contribution is 0.143. The average molecular weight is 318 g/mol. The molecule has 0 aliphatic carbocycles. The van der Waals surface area contributed by atoms with Crippen molar-refractivity contribution in [3.05, 3.63) is 42.4 Å². The van der Waals surface area contributed by atoms with Crippen molar-refractivity contribution in [2.75, 3.05) is 25.0 Å². The number of rotatable bonds is 3. The van der Waals surface area contributed by atoms with Gasteiger partial charge in [-0.1, -0.05) is 0 Å². The predicted molar refractivity (Wildman–Crippen MR) is 84.5 cm³/mol. The Kier molecular flexibility index (Phi) is 4.62. The number of piperidine rings is 1. The Morgan fingerprint density at radius 2 is 2.13 bits per heavy atom. The molecule has 2 N–H and O–H groups in total. The van der Waals surface area contributed by atoms with Crippen LogP contribution in [-0.2, 0) is 0 Å². The van der Waals surface area contributed by atoms with Crippen molar-refractivity contribution in [2.24, 2.45) is 5.92 Å². The third-order valence-electron chi connectivity index (χ3n) is 4.17. The van der Waals surface area contributed by atoms with Crippen molar-refractivity contribution in [3.8, 4) is 11.3 Å². The highest BCUT2D eigenvalue weighted by atomic mass is 19.1. The number of furan rings is 1. The van der Waals surface area contributed by atoms with E-state index in [0.717, 1.165) is 12.8 Å². The number of halogens is 1. The van der Waals surface area contributed by atoms with Gasteiger partial charge in [0.25, 0.3) is 0 Å². The van der Waals surface area contributed by atoms with Gasteiger partial charge in [-0.2, -0.15) is 0 Å². The molecule has 0 spiro atoms. The summed E-state index contributed by atoms with van der Waals surface area (Å²) in [5.74, 6) is 0.376. The molecule has 3 rings (SSSR count). The van der Waals surface area contributed by atoms with Gasteiger partial charge in [0.2, 0.25) is 0 Å². The number of amides is 2. The highest BCUT2D eigenvalue weighted by Crippen LogP contribution is 2.26. The Bertz CT molecular complexity index is 664. The third-order valence-corrected chi connectivity index (χ3v) is 4.17. The number of hydrogen-bond donors (Lipinski definition) is 2. The summed E-state index contributed by atoms with van der Waals surface area (Å²) < 4.78 is 19.2. The van der Waals surface area contributed by atoms with Gasteiger partial charge in [0, 0.05) is 25.3 Å². The number of nitrogens with one attached hydrogen (secondary N) is 1. The topological polar surface area (TPSA) is 65.7 Å². The summed E-state index contributed by atoms with van der Waals surface area (Å²) in [5.41, 5.74) is 0.832. The number of benzene rings is 1. The van der Waals surface area contributed by atoms with Gasteiger partial charge in [0.05, 0.1) is 12.0 Å². The van der Waals surface area contributed by atoms with Gasteiger partial charge in [-0.3, -0.25) is 0 Å². The maximum atomic E-state index is 14.0. The smallest absolute Gasteiger partial charge is 0.321 e. The molecule has 5 nitrogen and oxygen atoms in total. The van der Waals surface area contributed by atoms with Crippen LogP contribution in [0.25, 0.3) is 11.3 Å². The molecule has 23 heavy (non-hydrogen) atoms. The Hall–Kier alpha value is -2.34. The van der Waals surface area contributed by atoms with E-state index in [4.69, 9.17) is 9.52 Å². The van der Waals surface area contributed by atoms with E-state index in [2.05, 4.69) is 5.32 Å². The molecule has 0 bridgehead atoms. The average Bonchev–Trinajstić information content (AvgIpc) is 3.11. The summed E-state index contributed by atoms with van der Waals surface area (Å²) in [6.45, 7) is 1.28. The summed E-state index contributed by atoms with van der Waals surface area (Å²) in [6.07, 6.45) is 3.07. The summed E-state index contributed by atoms with van der Waals surface area (Å²) in [7, 11) is 0. The van der Waals surface area contributed by atoms with Crippen molar-refractivity contribution in [2.45, 2.75) is 12.8 Å². The molecule has 1 saturated heterocycles. The fraction of sp³-hybridized carbons (Fsp3) is 0.353. The number of aliphatic hydroxyl groups excluding tert-OH is 1. The Labute approximate surface area is 133 Å². The molecule has 2 aromatic rings. The minimum Gasteiger partial charge on any atom is -0.464 e. The van der Waals surface area contributed by atoms with Gasteiger partial charge in [-0.25, -0.2) is 9.18 Å². The van der Waals surface area contributed by atoms with Crippen molar-refractivity contribution in [3.63, 3.8) is 0 Å². The normalized spacial score (nSPS) is 15.7. The van der Waals surface area contributed by atoms with Gasteiger partial charge >= 0.3 is 6.03 Å². The Balaban J connectivity index is 1.70. The monoisotopic (exact) mass is 318 g/mol. The van der Waals surface area contributed by atoms with Crippen LogP contribution in [0, 0.1) is 11.7 Å². The van der Waals surface area contributed by atoms with Crippen LogP contribution >= 0.6 is 0 Å². The zero-order valence-electron chi connectivity index (χ0n) is 12.7. The Morgan fingerprint density at radius 1 is 1.35 bits per heavy atom. The highest BCUT2D eigenvalue weighted by molar-refractivity contribution is 5.90. The van der Waals surface area contributed by atoms with E-state index in [9.17, 15) is 9.18 Å². The van der Waals surface area contributed by atoms with E-state index >= 15 is 0 Å². The molecule has 2 heterocycles. The molecule has 0 radical (unpaired) electrons. The van der Waals surface area contributed by atoms with Crippen LogP contribution in [0.3, 0.4) is 0 Å². The molecular weight excluding hydrogens is 299 g/mol. The number of anilines is 1. The Morgan fingerprint density at radius 3 is 2.78 bits per heavy atom. The second-order valence-corrected chi connectivity index (χ2v) is 5.72. The number of carbonyl (C=O) groups is 1. The number of nitrogens with zero attached hydrogens (tertiary/aromatic N) is 1. The van der Waals surface area contributed by atoms with Crippen LogP contribution in [0.15, 0.2) is 41.0 Å². The van der Waals surface area contributed by atoms with Crippen LogP contribution in [0.2, 0.25) is 0 Å². The van der Waals surface area contributed by atoms with Crippen molar-refractivity contribution < 1.29 is 18.7 Å². The molecule has 122 valence electrons. The SMILES string of the molecule is O=C(Nc1cc(-c2ccco2)ccc1F)N1CCC(CO)CC1. The maximum Gasteiger partial charge on any atom is 0.321 e. The van der Waals surface area contributed by atoms with Gasteiger partial charge in [-0.15, -0.1) is 0 Å². The minimum atomic E-state index is -0.487. The first-order chi connectivity index (χ1) is 11.2. The molecule has 1 aromatic carbocycles. The first-order valence-electron chi connectivity index (χ1n) is 7.67. The van der Waals surface area contributed by atoms with E-state index in [0.29, 0.717) is 24.4 Å². The van der Waals surface area contributed by atoms with E-state index < -0.39 is 5.82 Å². The lowest BCUT2D eigenvalue weighted by Gasteiger charge is -2.31. The number of hydrogen-bond acceptors (Lipinski definition) is 3. The highest BCUT2D eigenvalue weighted by Gasteiger charge is 2.23. The second-order valence-electron chi connectivity index (χ2n) is 5.72. The van der Waals surface area contributed by atoms with Gasteiger partial charge in [-0.05, 0) is 49.1 Å². The lowest BCUT2D eigenvalue weighted by atomic mass is 9.98. The number of carbonyl (C=O) groups excluding carboxylic acids is 1. The summed E-state index contributed by atoms with van der Waals surface area (Å²) in [4.78, 5) is 13.9. The largest absolute Gasteiger partial charge is 0.464 e. The number of aliphatic hydroxyl groups is 1. The summed E-state index contributed by atoms with van der Waals surface area (Å²) in [6, 6.07) is 7.69. The predicted octanol–water partition coefficient (Wildman–Crippen LogP) is 3.32. The molecule has 1 fully saturated rings. The van der Waals surface area contributed by atoms with E-state index in [1.807, 2.05) is 0 Å². The van der Waals surface area contributed by atoms with Crippen molar-refractivity contribution >= 4 is 11.7 Å². The molecule has 0 unspecified atom stereocenters. The van der Waals surface area contributed by atoms with Crippen molar-refractivity contribution in [1.82, 2.24) is 4.90 Å². The van der Waals surface area contributed by atoms with Gasteiger partial charge < -0.3 is 19.7 Å². The minimum absolute atomic E-state index is 0.133. The van der Waals surface area contributed by atoms with Crippen LogP contribution < -0.4 is 5.32 Å². The van der Waals surface area contributed by atoms with Gasteiger partial charge in [0.15, 0.2) is 0 Å². The third kappa shape index (κ3) is 3.53. The quantitative estimate of drug-likeness (QED) is 0.912. The first-order valence-corrected chi connectivity index (χ1v) is 7.67. The number of urea groups is 1. The molecular formula is C17H19FN2O3. The molecule has 1 aliphatic heterocycles. The maximum absolute atomic E-state index is 14.0. The summed E-state index contributed by atoms with van der Waals surface area (Å²) >= 11 is 0. The fourth-order valence-electron chi connectivity index (χ4n) is 2.73. The van der Waals surface area contributed by atoms with Crippen molar-refractivity contribution in [1.29, 1.82) is 0 Å². The molecule has 0 saturated carbocycles. The molecule has 6 heteroatoms. The zero-order valence-corrected chi connectivity index (χ0v) is 12.7. The van der Waals surface area contributed by atoms with Crippen LogP contribution in [0.4, 0.5) is 14.9 Å². The van der Waals surface area contributed by atoms with E-state index in [1.165, 1.54) is 6.07 Å². The van der Waals surface area contributed by atoms with Crippen LogP contribution in [0.1, 0.15) is 12.8 Å².